The smallest absolute Gasteiger partial charge is 0.191 e. The zero-order valence-corrected chi connectivity index (χ0v) is 16.5. The molecule has 2 aromatic rings. The minimum Gasteiger partial charge on any atom is -0.497 e. The van der Waals surface area contributed by atoms with Crippen LogP contribution in [0.25, 0.3) is 0 Å². The molecule has 0 aromatic heterocycles. The van der Waals surface area contributed by atoms with E-state index in [-0.39, 0.29) is 11.9 Å². The average molecular weight is 386 g/mol. The fourth-order valence-electron chi connectivity index (χ4n) is 3.26. The first-order valence-electron chi connectivity index (χ1n) is 9.31. The summed E-state index contributed by atoms with van der Waals surface area (Å²) in [5.41, 5.74) is 2.08. The monoisotopic (exact) mass is 386 g/mol. The number of aliphatic imine (C=N–C) groups is 1. The number of hydrogen-bond donors (Lipinski definition) is 2. The van der Waals surface area contributed by atoms with Gasteiger partial charge in [0.05, 0.1) is 14.2 Å². The third-order valence-corrected chi connectivity index (χ3v) is 4.83. The number of rotatable bonds is 6. The lowest BCUT2D eigenvalue weighted by Crippen LogP contribution is -2.44. The second-order valence-electron chi connectivity index (χ2n) is 6.70. The van der Waals surface area contributed by atoms with Gasteiger partial charge in [0.25, 0.3) is 0 Å². The van der Waals surface area contributed by atoms with Crippen LogP contribution in [0.15, 0.2) is 47.5 Å². The number of benzene rings is 2. The van der Waals surface area contributed by atoms with Gasteiger partial charge in [-0.2, -0.15) is 0 Å². The largest absolute Gasteiger partial charge is 0.497 e. The normalized spacial score (nSPS) is 16.8. The molecule has 150 valence electrons. The quantitative estimate of drug-likeness (QED) is 0.591. The fourth-order valence-corrected chi connectivity index (χ4v) is 3.26. The van der Waals surface area contributed by atoms with Gasteiger partial charge in [-0.25, -0.2) is 4.39 Å². The van der Waals surface area contributed by atoms with Gasteiger partial charge in [0.2, 0.25) is 0 Å². The molecule has 1 heterocycles. The van der Waals surface area contributed by atoms with Crippen LogP contribution in [0.4, 0.5) is 10.1 Å². The lowest BCUT2D eigenvalue weighted by Gasteiger charge is -2.21. The van der Waals surface area contributed by atoms with Gasteiger partial charge in [0.1, 0.15) is 17.3 Å². The van der Waals surface area contributed by atoms with Gasteiger partial charge in [-0.15, -0.1) is 0 Å². The van der Waals surface area contributed by atoms with Crippen molar-refractivity contribution in [3.05, 3.63) is 53.8 Å². The molecule has 1 fully saturated rings. The Kier molecular flexibility index (Phi) is 6.57. The second kappa shape index (κ2) is 9.30. The molecule has 1 aliphatic rings. The van der Waals surface area contributed by atoms with Crippen LogP contribution in [0, 0.1) is 5.82 Å². The summed E-state index contributed by atoms with van der Waals surface area (Å²) in [6, 6.07) is 12.6. The van der Waals surface area contributed by atoms with Gasteiger partial charge < -0.3 is 25.0 Å². The van der Waals surface area contributed by atoms with Crippen molar-refractivity contribution in [1.82, 2.24) is 10.6 Å². The highest BCUT2D eigenvalue weighted by molar-refractivity contribution is 5.80. The Morgan fingerprint density at radius 2 is 1.82 bits per heavy atom. The minimum atomic E-state index is -0.230. The Morgan fingerprint density at radius 1 is 1.14 bits per heavy atom. The van der Waals surface area contributed by atoms with Crippen molar-refractivity contribution in [3.8, 4) is 11.5 Å². The predicted octanol–water partition coefficient (Wildman–Crippen LogP) is 2.79. The molecule has 1 atom stereocenters. The van der Waals surface area contributed by atoms with Crippen molar-refractivity contribution < 1.29 is 13.9 Å². The lowest BCUT2D eigenvalue weighted by atomic mass is 10.2. The predicted molar refractivity (Wildman–Crippen MR) is 110 cm³/mol. The van der Waals surface area contributed by atoms with Crippen LogP contribution in [0.2, 0.25) is 0 Å². The van der Waals surface area contributed by atoms with Gasteiger partial charge in [-0.05, 0) is 24.1 Å². The summed E-state index contributed by atoms with van der Waals surface area (Å²) in [5, 5.41) is 6.75. The van der Waals surface area contributed by atoms with E-state index in [2.05, 4.69) is 20.5 Å². The molecule has 1 unspecified atom stereocenters. The van der Waals surface area contributed by atoms with Crippen molar-refractivity contribution in [2.24, 2.45) is 4.99 Å². The standard InChI is InChI=1S/C21H27FN4O2/c1-23-21(24-13-15-4-6-16(22)7-5-15)25-17-8-9-26(14-17)18-10-19(27-2)12-20(11-18)28-3/h4-7,10-12,17H,8-9,13-14H2,1-3H3,(H2,23,24,25). The molecule has 1 saturated heterocycles. The van der Waals surface area contributed by atoms with E-state index in [1.807, 2.05) is 18.2 Å². The zero-order valence-electron chi connectivity index (χ0n) is 16.5. The van der Waals surface area contributed by atoms with Crippen molar-refractivity contribution in [3.63, 3.8) is 0 Å². The van der Waals surface area contributed by atoms with Gasteiger partial charge in [-0.3, -0.25) is 4.99 Å². The SMILES string of the molecule is CN=C(NCc1ccc(F)cc1)NC1CCN(c2cc(OC)cc(OC)c2)C1. The van der Waals surface area contributed by atoms with E-state index in [1.165, 1.54) is 12.1 Å². The number of hydrogen-bond acceptors (Lipinski definition) is 4. The van der Waals surface area contributed by atoms with Crippen molar-refractivity contribution in [2.45, 2.75) is 19.0 Å². The topological polar surface area (TPSA) is 58.1 Å². The van der Waals surface area contributed by atoms with Gasteiger partial charge in [0, 0.05) is 56.6 Å². The molecule has 0 bridgehead atoms. The first-order valence-corrected chi connectivity index (χ1v) is 9.31. The second-order valence-corrected chi connectivity index (χ2v) is 6.70. The van der Waals surface area contributed by atoms with E-state index in [0.717, 1.165) is 48.2 Å². The summed E-state index contributed by atoms with van der Waals surface area (Å²) < 4.78 is 23.8. The lowest BCUT2D eigenvalue weighted by molar-refractivity contribution is 0.394. The average Bonchev–Trinajstić information content (AvgIpc) is 3.20. The molecular formula is C21H27FN4O2. The first-order chi connectivity index (χ1) is 13.6. The number of guanidine groups is 1. The van der Waals surface area contributed by atoms with Crippen LogP contribution in [0.5, 0.6) is 11.5 Å². The Bertz CT molecular complexity index is 788. The summed E-state index contributed by atoms with van der Waals surface area (Å²) in [7, 11) is 5.06. The Balaban J connectivity index is 1.56. The summed E-state index contributed by atoms with van der Waals surface area (Å²) in [6.07, 6.45) is 0.997. The number of halogens is 1. The van der Waals surface area contributed by atoms with Crippen LogP contribution in [-0.4, -0.2) is 46.4 Å². The maximum absolute atomic E-state index is 13.0. The maximum atomic E-state index is 13.0. The molecule has 0 amide bonds. The number of nitrogens with one attached hydrogen (secondary N) is 2. The third-order valence-electron chi connectivity index (χ3n) is 4.83. The number of nitrogens with zero attached hydrogens (tertiary/aromatic N) is 2. The molecule has 6 nitrogen and oxygen atoms in total. The number of anilines is 1. The minimum absolute atomic E-state index is 0.230. The van der Waals surface area contributed by atoms with E-state index in [9.17, 15) is 4.39 Å². The summed E-state index contributed by atoms with van der Waals surface area (Å²) in [6.45, 7) is 2.37. The fraction of sp³-hybridized carbons (Fsp3) is 0.381. The molecule has 1 aliphatic heterocycles. The molecule has 2 aromatic carbocycles. The number of ether oxygens (including phenoxy) is 2. The van der Waals surface area contributed by atoms with Crippen molar-refractivity contribution in [2.75, 3.05) is 39.3 Å². The molecule has 28 heavy (non-hydrogen) atoms. The van der Waals surface area contributed by atoms with Crippen LogP contribution in [0.1, 0.15) is 12.0 Å². The van der Waals surface area contributed by atoms with E-state index in [0.29, 0.717) is 6.54 Å². The van der Waals surface area contributed by atoms with E-state index >= 15 is 0 Å². The molecule has 0 saturated carbocycles. The Labute approximate surface area is 165 Å². The molecular weight excluding hydrogens is 359 g/mol. The van der Waals surface area contributed by atoms with Crippen molar-refractivity contribution in [1.29, 1.82) is 0 Å². The Hall–Kier alpha value is -2.96. The van der Waals surface area contributed by atoms with Crippen LogP contribution in [0.3, 0.4) is 0 Å². The molecule has 0 aliphatic carbocycles. The number of methoxy groups -OCH3 is 2. The molecule has 2 N–H and O–H groups in total. The highest BCUT2D eigenvalue weighted by Gasteiger charge is 2.24. The van der Waals surface area contributed by atoms with Crippen LogP contribution >= 0.6 is 0 Å². The Morgan fingerprint density at radius 3 is 2.43 bits per heavy atom. The molecule has 0 spiro atoms. The summed E-state index contributed by atoms with van der Waals surface area (Å²) in [5.74, 6) is 2.07. The third kappa shape index (κ3) is 5.06. The zero-order chi connectivity index (χ0) is 19.9. The van der Waals surface area contributed by atoms with E-state index < -0.39 is 0 Å². The van der Waals surface area contributed by atoms with Gasteiger partial charge >= 0.3 is 0 Å². The summed E-state index contributed by atoms with van der Waals surface area (Å²) in [4.78, 5) is 6.60. The highest BCUT2D eigenvalue weighted by atomic mass is 19.1. The van der Waals surface area contributed by atoms with E-state index in [1.54, 1.807) is 33.4 Å². The van der Waals surface area contributed by atoms with E-state index in [4.69, 9.17) is 9.47 Å². The van der Waals surface area contributed by atoms with Crippen molar-refractivity contribution >= 4 is 11.6 Å². The summed E-state index contributed by atoms with van der Waals surface area (Å²) >= 11 is 0. The van der Waals surface area contributed by atoms with Crippen LogP contribution in [-0.2, 0) is 6.54 Å². The van der Waals surface area contributed by atoms with Gasteiger partial charge in [0.15, 0.2) is 5.96 Å². The van der Waals surface area contributed by atoms with Crippen LogP contribution < -0.4 is 25.0 Å². The molecule has 7 heteroatoms. The van der Waals surface area contributed by atoms with Gasteiger partial charge in [-0.1, -0.05) is 12.1 Å². The molecule has 0 radical (unpaired) electrons. The highest BCUT2D eigenvalue weighted by Crippen LogP contribution is 2.30. The first kappa shape index (κ1) is 19.8. The maximum Gasteiger partial charge on any atom is 0.191 e. The molecule has 3 rings (SSSR count).